The van der Waals surface area contributed by atoms with Gasteiger partial charge in [0.1, 0.15) is 27.8 Å². The van der Waals surface area contributed by atoms with E-state index in [1.807, 2.05) is 38.1 Å². The Hall–Kier alpha value is -8.25. The predicted octanol–water partition coefficient (Wildman–Crippen LogP) is 8.60. The lowest BCUT2D eigenvalue weighted by Crippen LogP contribution is -2.31. The Morgan fingerprint density at radius 3 is 1.52 bits per heavy atom. The standard InChI is InChI=1S/C59H64N6O11S/c1-5-49(66)60-31-7-33-62-54(68)39-19-24-45(25-20-39)74-57(71)42-13-11-41(12-14-42)56(70)64-47-28-29-48(53-52(47)65-51(77-53)30-23-38-10-9-36(3)35-37(38)4)76-59(73)44-17-15-43(16-18-44)58(72)75-46-26-21-40(22-27-46)55(69)63-34-8-32-61-50(67)6-2/h5-6,9-10,19-30,35,41-44H,1-2,7-8,11-18,31-34H2,3-4H3,(H,60,66)(H,61,67)(H,62,68)(H,63,69)(H,64,70). The summed E-state index contributed by atoms with van der Waals surface area (Å²) in [4.78, 5) is 107. The third kappa shape index (κ3) is 16.1. The minimum absolute atomic E-state index is 0.214. The van der Waals surface area contributed by atoms with Gasteiger partial charge in [0.25, 0.3) is 11.8 Å². The van der Waals surface area contributed by atoms with Crippen molar-refractivity contribution >= 4 is 86.8 Å². The van der Waals surface area contributed by atoms with E-state index < -0.39 is 35.7 Å². The van der Waals surface area contributed by atoms with Crippen molar-refractivity contribution in [2.24, 2.45) is 23.7 Å². The molecule has 2 fully saturated rings. The summed E-state index contributed by atoms with van der Waals surface area (Å²) in [7, 11) is 0. The topological polar surface area (TPSA) is 237 Å². The van der Waals surface area contributed by atoms with Gasteiger partial charge in [-0.3, -0.25) is 38.4 Å². The summed E-state index contributed by atoms with van der Waals surface area (Å²) in [6.45, 7) is 12.4. The molecule has 18 heteroatoms. The van der Waals surface area contributed by atoms with E-state index in [0.717, 1.165) is 16.7 Å². The number of amides is 5. The summed E-state index contributed by atoms with van der Waals surface area (Å²) in [6, 6.07) is 22.1. The number of carbonyl (C=O) groups is 8. The molecule has 5 aromatic rings. The molecule has 1 aromatic heterocycles. The normalized spacial score (nSPS) is 17.1. The number of aromatic nitrogens is 1. The number of rotatable bonds is 22. The van der Waals surface area contributed by atoms with Crippen LogP contribution in [-0.2, 0) is 28.8 Å². The smallest absolute Gasteiger partial charge is 0.314 e. The molecule has 1 heterocycles. The van der Waals surface area contributed by atoms with Gasteiger partial charge in [-0.25, -0.2) is 4.98 Å². The van der Waals surface area contributed by atoms with Crippen molar-refractivity contribution in [1.82, 2.24) is 26.3 Å². The molecule has 0 aliphatic heterocycles. The molecule has 5 amide bonds. The second-order valence-corrected chi connectivity index (χ2v) is 20.2. The fraction of sp³-hybridized carbons (Fsp3) is 0.339. The molecule has 0 unspecified atom stereocenters. The van der Waals surface area contributed by atoms with E-state index in [4.69, 9.17) is 19.2 Å². The van der Waals surface area contributed by atoms with Gasteiger partial charge in [0.2, 0.25) is 17.7 Å². The highest BCUT2D eigenvalue weighted by Gasteiger charge is 2.34. The fourth-order valence-electron chi connectivity index (χ4n) is 9.11. The van der Waals surface area contributed by atoms with Crippen molar-refractivity contribution in [3.05, 3.63) is 137 Å². The van der Waals surface area contributed by atoms with Crippen molar-refractivity contribution in [1.29, 1.82) is 0 Å². The van der Waals surface area contributed by atoms with Crippen molar-refractivity contribution in [2.75, 3.05) is 31.5 Å². The second-order valence-electron chi connectivity index (χ2n) is 19.1. The lowest BCUT2D eigenvalue weighted by molar-refractivity contribution is -0.145. The monoisotopic (exact) mass is 1060 g/mol. The highest BCUT2D eigenvalue weighted by Crippen LogP contribution is 2.40. The number of carbonyl (C=O) groups excluding carboxylic acids is 8. The molecule has 2 saturated carbocycles. The van der Waals surface area contributed by atoms with E-state index in [1.165, 1.54) is 23.5 Å². The number of nitrogens with one attached hydrogen (secondary N) is 5. The zero-order chi connectivity index (χ0) is 54.8. The van der Waals surface area contributed by atoms with E-state index in [-0.39, 0.29) is 35.5 Å². The number of ether oxygens (including phenoxy) is 3. The molecule has 0 atom stereocenters. The van der Waals surface area contributed by atoms with Crippen LogP contribution in [0.2, 0.25) is 0 Å². The number of hydrogen-bond donors (Lipinski definition) is 5. The number of fused-ring (bicyclic) bond motifs is 1. The Balaban J connectivity index is 0.919. The molecule has 77 heavy (non-hydrogen) atoms. The van der Waals surface area contributed by atoms with Crippen molar-refractivity contribution in [2.45, 2.75) is 78.1 Å². The number of thiazole rings is 1. The third-order valence-electron chi connectivity index (χ3n) is 13.6. The van der Waals surface area contributed by atoms with Gasteiger partial charge in [0.15, 0.2) is 0 Å². The molecule has 7 rings (SSSR count). The first-order valence-electron chi connectivity index (χ1n) is 25.9. The van der Waals surface area contributed by atoms with Crippen LogP contribution in [-0.4, -0.2) is 78.6 Å². The van der Waals surface area contributed by atoms with Crippen molar-refractivity contribution < 1.29 is 52.6 Å². The van der Waals surface area contributed by atoms with E-state index in [2.05, 4.69) is 45.8 Å². The Bertz CT molecular complexity index is 2850. The molecule has 17 nitrogen and oxygen atoms in total. The van der Waals surface area contributed by atoms with Crippen LogP contribution in [0.15, 0.2) is 104 Å². The van der Waals surface area contributed by atoms with Crippen LogP contribution < -0.4 is 40.8 Å². The maximum atomic E-state index is 13.9. The zero-order valence-corrected chi connectivity index (χ0v) is 44.1. The van der Waals surface area contributed by atoms with Crippen LogP contribution in [0.1, 0.15) is 107 Å². The van der Waals surface area contributed by atoms with Gasteiger partial charge in [-0.05, 0) is 168 Å². The molecular formula is C59H64N6O11S. The van der Waals surface area contributed by atoms with Crippen LogP contribution >= 0.6 is 11.3 Å². The largest absolute Gasteiger partial charge is 0.426 e. The molecule has 0 spiro atoms. The molecule has 2 aliphatic carbocycles. The minimum Gasteiger partial charge on any atom is -0.426 e. The molecule has 0 bridgehead atoms. The van der Waals surface area contributed by atoms with Gasteiger partial charge >= 0.3 is 17.9 Å². The second kappa shape index (κ2) is 27.5. The van der Waals surface area contributed by atoms with Gasteiger partial charge < -0.3 is 40.8 Å². The Kier molecular flexibility index (Phi) is 20.2. The summed E-state index contributed by atoms with van der Waals surface area (Å²) in [6.07, 6.45) is 10.8. The average Bonchev–Trinajstić information content (AvgIpc) is 3.88. The first-order chi connectivity index (χ1) is 37.2. The van der Waals surface area contributed by atoms with Gasteiger partial charge in [0.05, 0.1) is 28.1 Å². The molecular weight excluding hydrogens is 1000 g/mol. The van der Waals surface area contributed by atoms with Gasteiger partial charge in [-0.15, -0.1) is 11.3 Å². The van der Waals surface area contributed by atoms with Gasteiger partial charge in [0, 0.05) is 43.2 Å². The highest BCUT2D eigenvalue weighted by molar-refractivity contribution is 7.19. The fourth-order valence-corrected chi connectivity index (χ4v) is 10.1. The maximum Gasteiger partial charge on any atom is 0.314 e. The number of aryl methyl sites for hydroxylation is 2. The summed E-state index contributed by atoms with van der Waals surface area (Å²) in [5, 5.41) is 14.6. The van der Waals surface area contributed by atoms with Crippen LogP contribution in [0.4, 0.5) is 5.69 Å². The van der Waals surface area contributed by atoms with Crippen molar-refractivity contribution in [3.8, 4) is 17.2 Å². The number of nitrogens with zero attached hydrogens (tertiary/aromatic N) is 1. The Morgan fingerprint density at radius 1 is 0.571 bits per heavy atom. The summed E-state index contributed by atoms with van der Waals surface area (Å²) in [5.41, 5.74) is 4.99. The molecule has 0 radical (unpaired) electrons. The van der Waals surface area contributed by atoms with Crippen LogP contribution in [0.5, 0.6) is 17.2 Å². The summed E-state index contributed by atoms with van der Waals surface area (Å²) in [5.74, 6) is -3.37. The first-order valence-corrected chi connectivity index (χ1v) is 26.7. The molecule has 5 N–H and O–H groups in total. The Labute approximate surface area is 451 Å². The quantitative estimate of drug-likeness (QED) is 0.0190. The number of anilines is 1. The molecule has 4 aromatic carbocycles. The molecule has 0 saturated heterocycles. The summed E-state index contributed by atoms with van der Waals surface area (Å²) < 4.78 is 18.0. The number of benzene rings is 4. The molecule has 2 aliphatic rings. The van der Waals surface area contributed by atoms with Crippen LogP contribution in [0.25, 0.3) is 22.4 Å². The van der Waals surface area contributed by atoms with E-state index in [0.29, 0.717) is 140 Å². The first kappa shape index (κ1) is 56.5. The lowest BCUT2D eigenvalue weighted by Gasteiger charge is -2.26. The lowest BCUT2D eigenvalue weighted by atomic mass is 9.81. The minimum atomic E-state index is -0.463. The van der Waals surface area contributed by atoms with Crippen LogP contribution in [0.3, 0.4) is 0 Å². The Morgan fingerprint density at radius 2 is 1.04 bits per heavy atom. The predicted molar refractivity (Wildman–Crippen MR) is 294 cm³/mol. The van der Waals surface area contributed by atoms with Crippen LogP contribution in [0, 0.1) is 37.5 Å². The third-order valence-corrected chi connectivity index (χ3v) is 14.6. The van der Waals surface area contributed by atoms with E-state index in [1.54, 1.807) is 60.7 Å². The molecule has 402 valence electrons. The summed E-state index contributed by atoms with van der Waals surface area (Å²) >= 11 is 1.33. The van der Waals surface area contributed by atoms with E-state index >= 15 is 0 Å². The van der Waals surface area contributed by atoms with E-state index in [9.17, 15) is 38.4 Å². The number of hydrogen-bond acceptors (Lipinski definition) is 13. The van der Waals surface area contributed by atoms with Crippen molar-refractivity contribution in [3.63, 3.8) is 0 Å². The number of esters is 3. The van der Waals surface area contributed by atoms with Gasteiger partial charge in [-0.2, -0.15) is 0 Å². The zero-order valence-electron chi connectivity index (χ0n) is 43.3. The maximum absolute atomic E-state index is 13.9. The highest BCUT2D eigenvalue weighted by atomic mass is 32.1. The average molecular weight is 1070 g/mol. The van der Waals surface area contributed by atoms with Gasteiger partial charge in [-0.1, -0.05) is 43.0 Å². The SMILES string of the molecule is C=CC(=O)NCCCNC(=O)c1ccc(OC(=O)C2CCC(C(=O)Nc3ccc(OC(=O)C4CCC(C(=O)Oc5ccc(C(=O)NCCCNC(=O)C=C)cc5)CC4)c4sc(C=Cc5ccc(C)cc5C)nc34)CC2)cc1.